The molecule has 0 bridgehead atoms. The van der Waals surface area contributed by atoms with Crippen molar-refractivity contribution < 1.29 is 4.79 Å². The summed E-state index contributed by atoms with van der Waals surface area (Å²) in [6.07, 6.45) is 3.84. The molecule has 0 saturated heterocycles. The molecule has 1 heteroatoms. The molecule has 0 aromatic carbocycles. The van der Waals surface area contributed by atoms with E-state index >= 15 is 0 Å². The van der Waals surface area contributed by atoms with Gasteiger partial charge in [-0.1, -0.05) is 19.9 Å². The van der Waals surface area contributed by atoms with Crippen molar-refractivity contribution in [2.24, 2.45) is 5.92 Å². The molecule has 0 N–H and O–H groups in total. The highest BCUT2D eigenvalue weighted by atomic mass is 16.1. The number of ketones is 1. The summed E-state index contributed by atoms with van der Waals surface area (Å²) in [6, 6.07) is 0. The first kappa shape index (κ1) is 8.51. The zero-order valence-electron chi connectivity index (χ0n) is 7.48. The third-order valence-electron chi connectivity index (χ3n) is 2.40. The molecule has 0 fully saturated rings. The van der Waals surface area contributed by atoms with E-state index in [9.17, 15) is 4.79 Å². The van der Waals surface area contributed by atoms with Gasteiger partial charge in [0.05, 0.1) is 0 Å². The number of Topliss-reactive ketones (excluding diaryl/α,β-unsaturated/α-hetero) is 1. The van der Waals surface area contributed by atoms with Gasteiger partial charge in [-0.3, -0.25) is 4.79 Å². The first-order chi connectivity index (χ1) is 5.11. The molecule has 1 rings (SSSR count). The zero-order valence-corrected chi connectivity index (χ0v) is 7.48. The van der Waals surface area contributed by atoms with E-state index in [0.29, 0.717) is 11.7 Å². The van der Waals surface area contributed by atoms with E-state index in [1.807, 2.05) is 6.92 Å². The van der Waals surface area contributed by atoms with Crippen LogP contribution in [-0.2, 0) is 4.79 Å². The standard InChI is InChI=1S/C10H15O/c1-7(2)9-5-4-8(3)10(11)6-9/h4,9H,5-6H2,1-3H3. The molecule has 1 radical (unpaired) electrons. The molecule has 1 aliphatic rings. The van der Waals surface area contributed by atoms with Crippen LogP contribution in [0.5, 0.6) is 0 Å². The van der Waals surface area contributed by atoms with Gasteiger partial charge in [-0.25, -0.2) is 0 Å². The number of hydrogen-bond donors (Lipinski definition) is 0. The van der Waals surface area contributed by atoms with Crippen molar-refractivity contribution in [3.63, 3.8) is 0 Å². The zero-order chi connectivity index (χ0) is 8.43. The summed E-state index contributed by atoms with van der Waals surface area (Å²) in [4.78, 5) is 11.2. The maximum absolute atomic E-state index is 11.2. The smallest absolute Gasteiger partial charge is 0.158 e. The van der Waals surface area contributed by atoms with Gasteiger partial charge >= 0.3 is 0 Å². The summed E-state index contributed by atoms with van der Waals surface area (Å²) in [5, 5.41) is 0. The van der Waals surface area contributed by atoms with Crippen LogP contribution >= 0.6 is 0 Å². The summed E-state index contributed by atoms with van der Waals surface area (Å²) in [5.41, 5.74) is 0.947. The van der Waals surface area contributed by atoms with Crippen LogP contribution in [0.1, 0.15) is 33.6 Å². The Morgan fingerprint density at radius 1 is 1.55 bits per heavy atom. The maximum Gasteiger partial charge on any atom is 0.158 e. The molecular formula is C10H15O. The lowest BCUT2D eigenvalue weighted by atomic mass is 9.82. The Morgan fingerprint density at radius 3 is 2.64 bits per heavy atom. The monoisotopic (exact) mass is 151 g/mol. The highest BCUT2D eigenvalue weighted by Crippen LogP contribution is 2.27. The first-order valence-electron chi connectivity index (χ1n) is 4.11. The third kappa shape index (κ3) is 1.92. The Hall–Kier alpha value is -0.590. The summed E-state index contributed by atoms with van der Waals surface area (Å²) < 4.78 is 0. The lowest BCUT2D eigenvalue weighted by Crippen LogP contribution is -2.17. The number of rotatable bonds is 1. The van der Waals surface area contributed by atoms with Gasteiger partial charge in [0.15, 0.2) is 5.78 Å². The van der Waals surface area contributed by atoms with Crippen molar-refractivity contribution in [2.45, 2.75) is 33.6 Å². The van der Waals surface area contributed by atoms with Crippen molar-refractivity contribution in [2.75, 3.05) is 0 Å². The molecule has 1 atom stereocenters. The highest BCUT2D eigenvalue weighted by molar-refractivity contribution is 5.95. The van der Waals surface area contributed by atoms with E-state index < -0.39 is 0 Å². The number of hydrogen-bond acceptors (Lipinski definition) is 1. The quantitative estimate of drug-likeness (QED) is 0.562. The Labute approximate surface area is 68.5 Å². The van der Waals surface area contributed by atoms with Crippen LogP contribution in [0.15, 0.2) is 11.6 Å². The van der Waals surface area contributed by atoms with Crippen molar-refractivity contribution in [3.8, 4) is 0 Å². The third-order valence-corrected chi connectivity index (χ3v) is 2.40. The van der Waals surface area contributed by atoms with Crippen LogP contribution in [0.2, 0.25) is 0 Å². The minimum absolute atomic E-state index is 0.322. The summed E-state index contributed by atoms with van der Waals surface area (Å²) in [5.74, 6) is 2.20. The van der Waals surface area contributed by atoms with Gasteiger partial charge in [-0.05, 0) is 30.8 Å². The van der Waals surface area contributed by atoms with E-state index in [4.69, 9.17) is 0 Å². The summed E-state index contributed by atoms with van der Waals surface area (Å²) in [7, 11) is 0. The SMILES string of the molecule is C[C](C)C1CC=C(C)C(=O)C1. The fraction of sp³-hybridized carbons (Fsp3) is 0.600. The van der Waals surface area contributed by atoms with Crippen LogP contribution in [0.25, 0.3) is 0 Å². The Morgan fingerprint density at radius 2 is 2.18 bits per heavy atom. The van der Waals surface area contributed by atoms with E-state index in [2.05, 4.69) is 19.9 Å². The average molecular weight is 151 g/mol. The second kappa shape index (κ2) is 3.21. The van der Waals surface area contributed by atoms with Crippen molar-refractivity contribution in [1.82, 2.24) is 0 Å². The molecule has 1 unspecified atom stereocenters. The summed E-state index contributed by atoms with van der Waals surface area (Å²) in [6.45, 7) is 6.11. The molecule has 1 aliphatic carbocycles. The van der Waals surface area contributed by atoms with Gasteiger partial charge in [-0.2, -0.15) is 0 Å². The molecule has 0 aromatic heterocycles. The van der Waals surface area contributed by atoms with E-state index in [1.54, 1.807) is 0 Å². The van der Waals surface area contributed by atoms with Crippen molar-refractivity contribution in [3.05, 3.63) is 17.6 Å². The Kier molecular flexibility index (Phi) is 2.48. The predicted octanol–water partition coefficient (Wildman–Crippen LogP) is 2.53. The van der Waals surface area contributed by atoms with Gasteiger partial charge in [0, 0.05) is 6.42 Å². The maximum atomic E-state index is 11.2. The molecule has 0 aromatic rings. The number of carbonyl (C=O) groups excluding carboxylic acids is 1. The second-order valence-corrected chi connectivity index (χ2v) is 3.52. The Bertz CT molecular complexity index is 189. The Balaban J connectivity index is 2.62. The van der Waals surface area contributed by atoms with Crippen LogP contribution in [-0.4, -0.2) is 5.78 Å². The first-order valence-corrected chi connectivity index (χ1v) is 4.11. The largest absolute Gasteiger partial charge is 0.295 e. The topological polar surface area (TPSA) is 17.1 Å². The fourth-order valence-electron chi connectivity index (χ4n) is 1.34. The van der Waals surface area contributed by atoms with Crippen molar-refractivity contribution >= 4 is 5.78 Å². The minimum Gasteiger partial charge on any atom is -0.295 e. The highest BCUT2D eigenvalue weighted by Gasteiger charge is 2.21. The number of allylic oxidation sites excluding steroid dienone is 2. The second-order valence-electron chi connectivity index (χ2n) is 3.52. The molecule has 0 saturated carbocycles. The van der Waals surface area contributed by atoms with Crippen LogP contribution in [0, 0.1) is 11.8 Å². The van der Waals surface area contributed by atoms with Gasteiger partial charge in [0.1, 0.15) is 0 Å². The van der Waals surface area contributed by atoms with Crippen molar-refractivity contribution in [1.29, 1.82) is 0 Å². The molecule has 0 spiro atoms. The molecule has 0 heterocycles. The van der Waals surface area contributed by atoms with Gasteiger partial charge in [0.25, 0.3) is 0 Å². The minimum atomic E-state index is 0.322. The lowest BCUT2D eigenvalue weighted by molar-refractivity contribution is -0.116. The molecule has 61 valence electrons. The molecule has 0 amide bonds. The predicted molar refractivity (Wildman–Crippen MR) is 46.1 cm³/mol. The molecule has 11 heavy (non-hydrogen) atoms. The van der Waals surface area contributed by atoms with Crippen LogP contribution < -0.4 is 0 Å². The molecule has 0 aliphatic heterocycles. The molecule has 1 nitrogen and oxygen atoms in total. The lowest BCUT2D eigenvalue weighted by Gasteiger charge is -2.22. The van der Waals surface area contributed by atoms with E-state index in [-0.39, 0.29) is 0 Å². The van der Waals surface area contributed by atoms with Gasteiger partial charge in [-0.15, -0.1) is 0 Å². The van der Waals surface area contributed by atoms with Gasteiger partial charge < -0.3 is 0 Å². The summed E-state index contributed by atoms with van der Waals surface area (Å²) >= 11 is 0. The van der Waals surface area contributed by atoms with Crippen LogP contribution in [0.3, 0.4) is 0 Å². The fourth-order valence-corrected chi connectivity index (χ4v) is 1.34. The number of carbonyl (C=O) groups is 1. The normalized spacial score (nSPS) is 25.6. The van der Waals surface area contributed by atoms with E-state index in [0.717, 1.165) is 18.4 Å². The van der Waals surface area contributed by atoms with Crippen LogP contribution in [0.4, 0.5) is 0 Å². The van der Waals surface area contributed by atoms with Gasteiger partial charge in [0.2, 0.25) is 0 Å². The average Bonchev–Trinajstić information content (AvgIpc) is 1.94. The van der Waals surface area contributed by atoms with E-state index in [1.165, 1.54) is 5.92 Å². The molecular weight excluding hydrogens is 136 g/mol.